The molecule has 0 saturated carbocycles. The molecule has 0 saturated heterocycles. The summed E-state index contributed by atoms with van der Waals surface area (Å²) in [6.45, 7) is 8.81. The van der Waals surface area contributed by atoms with Crippen molar-refractivity contribution in [2.45, 2.75) is 40.2 Å². The van der Waals surface area contributed by atoms with Gasteiger partial charge in [0.15, 0.2) is 0 Å². The first-order chi connectivity index (χ1) is 11.7. The largest absolute Gasteiger partial charge is 0.357 e. The number of nitrogens with zero attached hydrogens (tertiary/aromatic N) is 2. The Kier molecular flexibility index (Phi) is 6.79. The van der Waals surface area contributed by atoms with Crippen LogP contribution in [0, 0.1) is 6.92 Å². The van der Waals surface area contributed by atoms with Crippen molar-refractivity contribution < 1.29 is 4.79 Å². The van der Waals surface area contributed by atoms with E-state index in [2.05, 4.69) is 42.0 Å². The Balaban J connectivity index is 2.07. The molecular formula is C20H27N3O. The van der Waals surface area contributed by atoms with Crippen LogP contribution in [0.1, 0.15) is 48.2 Å². The van der Waals surface area contributed by atoms with E-state index in [1.165, 1.54) is 5.56 Å². The van der Waals surface area contributed by atoms with Crippen molar-refractivity contribution in [1.82, 2.24) is 10.3 Å². The SMILES string of the molecule is CCCN(CCC)c1cc(C(=O)NCc2ccccc2C)ccn1. The van der Waals surface area contributed by atoms with Crippen molar-refractivity contribution in [3.05, 3.63) is 59.3 Å². The summed E-state index contributed by atoms with van der Waals surface area (Å²) in [6.07, 6.45) is 3.84. The molecule has 4 nitrogen and oxygen atoms in total. The van der Waals surface area contributed by atoms with Crippen molar-refractivity contribution in [3.63, 3.8) is 0 Å². The van der Waals surface area contributed by atoms with E-state index in [0.717, 1.165) is 37.3 Å². The van der Waals surface area contributed by atoms with E-state index < -0.39 is 0 Å². The molecule has 0 bridgehead atoms. The maximum absolute atomic E-state index is 12.5. The first-order valence-electron chi connectivity index (χ1n) is 8.69. The Morgan fingerprint density at radius 1 is 1.12 bits per heavy atom. The minimum Gasteiger partial charge on any atom is -0.357 e. The number of pyridine rings is 1. The first-order valence-corrected chi connectivity index (χ1v) is 8.69. The van der Waals surface area contributed by atoms with E-state index in [4.69, 9.17) is 0 Å². The first kappa shape index (κ1) is 18.0. The third-order valence-electron chi connectivity index (χ3n) is 4.02. The summed E-state index contributed by atoms with van der Waals surface area (Å²) < 4.78 is 0. The standard InChI is InChI=1S/C20H27N3O/c1-4-12-23(13-5-2)19-14-17(10-11-21-19)20(24)22-15-18-9-7-6-8-16(18)3/h6-11,14H,4-5,12-13,15H2,1-3H3,(H,22,24). The van der Waals surface area contributed by atoms with Gasteiger partial charge in [-0.3, -0.25) is 4.79 Å². The van der Waals surface area contributed by atoms with Crippen LogP contribution in [-0.2, 0) is 6.54 Å². The Hall–Kier alpha value is -2.36. The van der Waals surface area contributed by atoms with Gasteiger partial charge in [0.2, 0.25) is 0 Å². The molecule has 0 unspecified atom stereocenters. The summed E-state index contributed by atoms with van der Waals surface area (Å²) in [5.74, 6) is 0.817. The summed E-state index contributed by atoms with van der Waals surface area (Å²) in [4.78, 5) is 19.1. The molecule has 0 aliphatic rings. The molecule has 0 atom stereocenters. The number of carbonyl (C=O) groups excluding carboxylic acids is 1. The Labute approximate surface area is 144 Å². The van der Waals surface area contributed by atoms with E-state index in [9.17, 15) is 4.79 Å². The van der Waals surface area contributed by atoms with Crippen LogP contribution in [0.25, 0.3) is 0 Å². The van der Waals surface area contributed by atoms with E-state index in [-0.39, 0.29) is 5.91 Å². The van der Waals surface area contributed by atoms with Crippen molar-refractivity contribution in [1.29, 1.82) is 0 Å². The average Bonchev–Trinajstić information content (AvgIpc) is 2.61. The molecule has 1 N–H and O–H groups in total. The minimum absolute atomic E-state index is 0.0603. The number of anilines is 1. The summed E-state index contributed by atoms with van der Waals surface area (Å²) >= 11 is 0. The highest BCUT2D eigenvalue weighted by molar-refractivity contribution is 5.94. The molecule has 0 radical (unpaired) electrons. The number of amides is 1. The van der Waals surface area contributed by atoms with Crippen molar-refractivity contribution >= 4 is 11.7 Å². The third-order valence-corrected chi connectivity index (χ3v) is 4.02. The molecule has 1 heterocycles. The fourth-order valence-electron chi connectivity index (χ4n) is 2.70. The van der Waals surface area contributed by atoms with E-state index in [1.807, 2.05) is 24.3 Å². The van der Waals surface area contributed by atoms with Gasteiger partial charge < -0.3 is 10.2 Å². The molecular weight excluding hydrogens is 298 g/mol. The van der Waals surface area contributed by atoms with Crippen LogP contribution in [0.2, 0.25) is 0 Å². The number of rotatable bonds is 8. The molecule has 1 aromatic heterocycles. The predicted octanol–water partition coefficient (Wildman–Crippen LogP) is 3.95. The zero-order chi connectivity index (χ0) is 17.4. The van der Waals surface area contributed by atoms with Gasteiger partial charge in [0.05, 0.1) is 0 Å². The fourth-order valence-corrected chi connectivity index (χ4v) is 2.70. The average molecular weight is 325 g/mol. The maximum atomic E-state index is 12.5. The molecule has 24 heavy (non-hydrogen) atoms. The van der Waals surface area contributed by atoms with Crippen LogP contribution in [0.5, 0.6) is 0 Å². The summed E-state index contributed by atoms with van der Waals surface area (Å²) in [5, 5.41) is 3.00. The second kappa shape index (κ2) is 9.06. The number of aryl methyl sites for hydroxylation is 1. The number of hydrogen-bond donors (Lipinski definition) is 1. The molecule has 4 heteroatoms. The van der Waals surface area contributed by atoms with Crippen molar-refractivity contribution in [2.24, 2.45) is 0 Å². The van der Waals surface area contributed by atoms with Crippen molar-refractivity contribution in [3.8, 4) is 0 Å². The highest BCUT2D eigenvalue weighted by Crippen LogP contribution is 2.14. The lowest BCUT2D eigenvalue weighted by Crippen LogP contribution is -2.27. The van der Waals surface area contributed by atoms with Crippen LogP contribution >= 0.6 is 0 Å². The number of hydrogen-bond acceptors (Lipinski definition) is 3. The Morgan fingerprint density at radius 2 is 1.83 bits per heavy atom. The van der Waals surface area contributed by atoms with E-state index in [1.54, 1.807) is 12.3 Å². The minimum atomic E-state index is -0.0603. The second-order valence-corrected chi connectivity index (χ2v) is 6.00. The van der Waals surface area contributed by atoms with Gasteiger partial charge in [-0.05, 0) is 43.0 Å². The quantitative estimate of drug-likeness (QED) is 0.799. The number of aromatic nitrogens is 1. The summed E-state index contributed by atoms with van der Waals surface area (Å²) in [7, 11) is 0. The smallest absolute Gasteiger partial charge is 0.251 e. The van der Waals surface area contributed by atoms with E-state index in [0.29, 0.717) is 12.1 Å². The van der Waals surface area contributed by atoms with Gasteiger partial charge in [0.1, 0.15) is 5.82 Å². The highest BCUT2D eigenvalue weighted by Gasteiger charge is 2.11. The zero-order valence-corrected chi connectivity index (χ0v) is 14.9. The summed E-state index contributed by atoms with van der Waals surface area (Å²) in [5.41, 5.74) is 2.98. The molecule has 1 aromatic carbocycles. The number of carbonyl (C=O) groups is 1. The molecule has 1 amide bonds. The fraction of sp³-hybridized carbons (Fsp3) is 0.400. The van der Waals surface area contributed by atoms with Crippen LogP contribution in [0.4, 0.5) is 5.82 Å². The van der Waals surface area contributed by atoms with Crippen LogP contribution < -0.4 is 10.2 Å². The van der Waals surface area contributed by atoms with Gasteiger partial charge in [-0.25, -0.2) is 4.98 Å². The number of benzene rings is 1. The summed E-state index contributed by atoms with van der Waals surface area (Å²) in [6, 6.07) is 11.8. The molecule has 0 fully saturated rings. The lowest BCUT2D eigenvalue weighted by Gasteiger charge is -2.22. The van der Waals surface area contributed by atoms with Crippen molar-refractivity contribution in [2.75, 3.05) is 18.0 Å². The normalized spacial score (nSPS) is 10.5. The molecule has 0 aliphatic heterocycles. The van der Waals surface area contributed by atoms with Gasteiger partial charge in [-0.15, -0.1) is 0 Å². The Morgan fingerprint density at radius 3 is 2.50 bits per heavy atom. The lowest BCUT2D eigenvalue weighted by atomic mass is 10.1. The van der Waals surface area contributed by atoms with Gasteiger partial charge in [-0.1, -0.05) is 38.1 Å². The van der Waals surface area contributed by atoms with Gasteiger partial charge >= 0.3 is 0 Å². The number of nitrogens with one attached hydrogen (secondary N) is 1. The highest BCUT2D eigenvalue weighted by atomic mass is 16.1. The Bertz CT molecular complexity index is 663. The third kappa shape index (κ3) is 4.82. The van der Waals surface area contributed by atoms with E-state index >= 15 is 0 Å². The zero-order valence-electron chi connectivity index (χ0n) is 14.9. The van der Waals surface area contributed by atoms with Crippen LogP contribution in [0.3, 0.4) is 0 Å². The van der Waals surface area contributed by atoms with Crippen LogP contribution in [0.15, 0.2) is 42.6 Å². The second-order valence-electron chi connectivity index (χ2n) is 6.00. The lowest BCUT2D eigenvalue weighted by molar-refractivity contribution is 0.0951. The van der Waals surface area contributed by atoms with Gasteiger partial charge in [-0.2, -0.15) is 0 Å². The molecule has 128 valence electrons. The molecule has 2 rings (SSSR count). The van der Waals surface area contributed by atoms with Crippen LogP contribution in [-0.4, -0.2) is 24.0 Å². The maximum Gasteiger partial charge on any atom is 0.251 e. The van der Waals surface area contributed by atoms with Gasteiger partial charge in [0, 0.05) is 31.4 Å². The molecule has 0 spiro atoms. The monoisotopic (exact) mass is 325 g/mol. The van der Waals surface area contributed by atoms with Gasteiger partial charge in [0.25, 0.3) is 5.91 Å². The molecule has 0 aliphatic carbocycles. The predicted molar refractivity (Wildman–Crippen MR) is 99.4 cm³/mol. The molecule has 2 aromatic rings. The topological polar surface area (TPSA) is 45.2 Å².